The molecule has 0 saturated heterocycles. The normalized spacial score (nSPS) is 12.9. The standard InChI is InChI=1S/C25H46N6O4/c1-9-11-13-31(14-12-10-2)25-29-23(26-19(15-17(3)4)21(32)34-7)28-24(30-25)27-20(16-18(5)6)22(33)35-8/h17-20H,9-16H2,1-8H3,(H2,26,27,28,29,30)/t19-,20-/m0/s1. The molecule has 0 aliphatic heterocycles. The Morgan fingerprint density at radius 3 is 1.49 bits per heavy atom. The molecular formula is C25H46N6O4. The van der Waals surface area contributed by atoms with Crippen LogP contribution < -0.4 is 15.5 Å². The number of hydrogen-bond acceptors (Lipinski definition) is 10. The first kappa shape index (κ1) is 30.4. The van der Waals surface area contributed by atoms with E-state index in [-0.39, 0.29) is 35.7 Å². The fourth-order valence-corrected chi connectivity index (χ4v) is 3.61. The Balaban J connectivity index is 3.44. The van der Waals surface area contributed by atoms with Crippen LogP contribution in [-0.2, 0) is 19.1 Å². The van der Waals surface area contributed by atoms with E-state index in [9.17, 15) is 9.59 Å². The minimum atomic E-state index is -0.602. The van der Waals surface area contributed by atoms with Crippen LogP contribution in [0.3, 0.4) is 0 Å². The van der Waals surface area contributed by atoms with E-state index >= 15 is 0 Å². The van der Waals surface area contributed by atoms with Gasteiger partial charge in [0.2, 0.25) is 17.8 Å². The average molecular weight is 495 g/mol. The summed E-state index contributed by atoms with van der Waals surface area (Å²) >= 11 is 0. The maximum atomic E-state index is 12.4. The molecule has 0 amide bonds. The summed E-state index contributed by atoms with van der Waals surface area (Å²) in [7, 11) is 2.74. The molecule has 2 atom stereocenters. The Morgan fingerprint density at radius 1 is 0.771 bits per heavy atom. The summed E-state index contributed by atoms with van der Waals surface area (Å²) in [6.45, 7) is 14.0. The molecule has 0 bridgehead atoms. The lowest BCUT2D eigenvalue weighted by Gasteiger charge is -2.25. The lowest BCUT2D eigenvalue weighted by Crippen LogP contribution is -2.35. The summed E-state index contributed by atoms with van der Waals surface area (Å²) in [6, 6.07) is -1.20. The van der Waals surface area contributed by atoms with Gasteiger partial charge in [-0.25, -0.2) is 9.59 Å². The van der Waals surface area contributed by atoms with Gasteiger partial charge in [-0.05, 0) is 37.5 Å². The number of unbranched alkanes of at least 4 members (excludes halogenated alkanes) is 2. The maximum Gasteiger partial charge on any atom is 0.328 e. The molecule has 0 spiro atoms. The van der Waals surface area contributed by atoms with E-state index in [2.05, 4.69) is 44.3 Å². The van der Waals surface area contributed by atoms with Crippen molar-refractivity contribution in [3.05, 3.63) is 0 Å². The van der Waals surface area contributed by atoms with Crippen LogP contribution in [0.25, 0.3) is 0 Å². The van der Waals surface area contributed by atoms with Crippen LogP contribution in [-0.4, -0.2) is 66.3 Å². The molecule has 0 saturated carbocycles. The molecule has 1 aromatic heterocycles. The Bertz CT molecular complexity index is 716. The SMILES string of the molecule is CCCCN(CCCC)c1nc(N[C@@H](CC(C)C)C(=O)OC)nc(N[C@@H](CC(C)C)C(=O)OC)n1. The monoisotopic (exact) mass is 494 g/mol. The number of anilines is 3. The lowest BCUT2D eigenvalue weighted by atomic mass is 10.0. The average Bonchev–Trinajstić information content (AvgIpc) is 2.81. The van der Waals surface area contributed by atoms with Gasteiger partial charge < -0.3 is 25.0 Å². The Kier molecular flexibility index (Phi) is 14.0. The molecule has 35 heavy (non-hydrogen) atoms. The summed E-state index contributed by atoms with van der Waals surface area (Å²) in [5, 5.41) is 6.29. The van der Waals surface area contributed by atoms with Crippen LogP contribution in [0, 0.1) is 11.8 Å². The number of methoxy groups -OCH3 is 2. The van der Waals surface area contributed by atoms with Crippen molar-refractivity contribution in [2.75, 3.05) is 42.8 Å². The van der Waals surface area contributed by atoms with Crippen molar-refractivity contribution in [2.45, 2.75) is 92.2 Å². The number of esters is 2. The molecule has 2 N–H and O–H groups in total. The number of nitrogens with one attached hydrogen (secondary N) is 2. The van der Waals surface area contributed by atoms with Gasteiger partial charge in [-0.2, -0.15) is 15.0 Å². The molecule has 0 unspecified atom stereocenters. The molecule has 10 heteroatoms. The summed E-state index contributed by atoms with van der Waals surface area (Å²) < 4.78 is 9.99. The first-order chi connectivity index (χ1) is 16.6. The molecule has 10 nitrogen and oxygen atoms in total. The zero-order chi connectivity index (χ0) is 26.4. The number of rotatable bonds is 17. The summed E-state index contributed by atoms with van der Waals surface area (Å²) in [4.78, 5) is 40.8. The number of aromatic nitrogens is 3. The van der Waals surface area contributed by atoms with Crippen LogP contribution in [0.15, 0.2) is 0 Å². The summed E-state index contributed by atoms with van der Waals surface area (Å²) in [6.07, 6.45) is 5.20. The summed E-state index contributed by atoms with van der Waals surface area (Å²) in [5.74, 6) is 0.789. The van der Waals surface area contributed by atoms with Gasteiger partial charge in [-0.3, -0.25) is 0 Å². The molecule has 0 aromatic carbocycles. The van der Waals surface area contributed by atoms with Gasteiger partial charge in [0.1, 0.15) is 12.1 Å². The second-order valence-electron chi connectivity index (χ2n) is 9.68. The highest BCUT2D eigenvalue weighted by atomic mass is 16.5. The predicted octanol–water partition coefficient (Wildman–Crippen LogP) is 4.28. The lowest BCUT2D eigenvalue weighted by molar-refractivity contribution is -0.142. The van der Waals surface area contributed by atoms with Gasteiger partial charge in [-0.1, -0.05) is 54.4 Å². The zero-order valence-electron chi connectivity index (χ0n) is 22.9. The van der Waals surface area contributed by atoms with E-state index in [4.69, 9.17) is 9.47 Å². The van der Waals surface area contributed by atoms with Crippen molar-refractivity contribution < 1.29 is 19.1 Å². The molecule has 1 aromatic rings. The van der Waals surface area contributed by atoms with Crippen molar-refractivity contribution in [3.8, 4) is 0 Å². The van der Waals surface area contributed by atoms with Gasteiger partial charge in [0, 0.05) is 13.1 Å². The molecule has 200 valence electrons. The highest BCUT2D eigenvalue weighted by Crippen LogP contribution is 2.20. The molecule has 0 aliphatic rings. The van der Waals surface area contributed by atoms with Crippen LogP contribution in [0.5, 0.6) is 0 Å². The fraction of sp³-hybridized carbons (Fsp3) is 0.800. The number of carbonyl (C=O) groups is 2. The Labute approximate surface area is 211 Å². The van der Waals surface area contributed by atoms with E-state index in [0.717, 1.165) is 38.8 Å². The van der Waals surface area contributed by atoms with Gasteiger partial charge in [0.25, 0.3) is 0 Å². The van der Waals surface area contributed by atoms with Crippen molar-refractivity contribution in [3.63, 3.8) is 0 Å². The minimum Gasteiger partial charge on any atom is -0.467 e. The molecule has 1 heterocycles. The molecular weight excluding hydrogens is 448 g/mol. The minimum absolute atomic E-state index is 0.255. The topological polar surface area (TPSA) is 119 Å². The number of nitrogens with zero attached hydrogens (tertiary/aromatic N) is 4. The van der Waals surface area contributed by atoms with E-state index < -0.39 is 12.1 Å². The quantitative estimate of drug-likeness (QED) is 0.304. The molecule has 0 fully saturated rings. The van der Waals surface area contributed by atoms with E-state index in [1.54, 1.807) is 0 Å². The van der Waals surface area contributed by atoms with Crippen molar-refractivity contribution in [1.29, 1.82) is 0 Å². The van der Waals surface area contributed by atoms with Crippen molar-refractivity contribution in [1.82, 2.24) is 15.0 Å². The largest absolute Gasteiger partial charge is 0.467 e. The zero-order valence-corrected chi connectivity index (χ0v) is 22.9. The third-order valence-electron chi connectivity index (χ3n) is 5.46. The number of hydrogen-bond donors (Lipinski definition) is 2. The van der Waals surface area contributed by atoms with E-state index in [1.165, 1.54) is 14.2 Å². The highest BCUT2D eigenvalue weighted by molar-refractivity contribution is 5.79. The van der Waals surface area contributed by atoms with Crippen LogP contribution in [0.4, 0.5) is 17.8 Å². The predicted molar refractivity (Wildman–Crippen MR) is 140 cm³/mol. The maximum absolute atomic E-state index is 12.4. The second-order valence-corrected chi connectivity index (χ2v) is 9.68. The summed E-state index contributed by atoms with van der Waals surface area (Å²) in [5.41, 5.74) is 0. The van der Waals surface area contributed by atoms with Crippen LogP contribution in [0.1, 0.15) is 80.1 Å². The smallest absolute Gasteiger partial charge is 0.328 e. The van der Waals surface area contributed by atoms with Crippen LogP contribution >= 0.6 is 0 Å². The van der Waals surface area contributed by atoms with Crippen LogP contribution in [0.2, 0.25) is 0 Å². The van der Waals surface area contributed by atoms with Crippen molar-refractivity contribution in [2.24, 2.45) is 11.8 Å². The molecule has 0 aliphatic carbocycles. The Morgan fingerprint density at radius 2 is 1.17 bits per heavy atom. The van der Waals surface area contributed by atoms with E-state index in [1.807, 2.05) is 27.7 Å². The van der Waals surface area contributed by atoms with Crippen molar-refractivity contribution >= 4 is 29.8 Å². The number of ether oxygens (including phenoxy) is 2. The fourth-order valence-electron chi connectivity index (χ4n) is 3.61. The van der Waals surface area contributed by atoms with Gasteiger partial charge in [0.05, 0.1) is 14.2 Å². The first-order valence-electron chi connectivity index (χ1n) is 12.8. The van der Waals surface area contributed by atoms with E-state index in [0.29, 0.717) is 18.8 Å². The number of carbonyl (C=O) groups excluding carboxylic acids is 2. The molecule has 0 radical (unpaired) electrons. The molecule has 1 rings (SSSR count). The third kappa shape index (κ3) is 11.1. The highest BCUT2D eigenvalue weighted by Gasteiger charge is 2.25. The Hall–Kier alpha value is -2.65. The second kappa shape index (κ2) is 16.1. The van der Waals surface area contributed by atoms with Gasteiger partial charge in [-0.15, -0.1) is 0 Å². The van der Waals surface area contributed by atoms with Gasteiger partial charge >= 0.3 is 11.9 Å². The first-order valence-corrected chi connectivity index (χ1v) is 12.8. The van der Waals surface area contributed by atoms with Gasteiger partial charge in [0.15, 0.2) is 0 Å². The third-order valence-corrected chi connectivity index (χ3v) is 5.46.